The molecule has 0 aliphatic carbocycles. The third-order valence-electron chi connectivity index (χ3n) is 3.45. The quantitative estimate of drug-likeness (QED) is 0.410. The monoisotopic (exact) mass is 287 g/mol. The van der Waals surface area contributed by atoms with Gasteiger partial charge in [-0.3, -0.25) is 4.99 Å². The summed E-state index contributed by atoms with van der Waals surface area (Å²) in [6, 6.07) is 0.990. The Kier molecular flexibility index (Phi) is 8.53. The molecule has 1 aliphatic rings. The van der Waals surface area contributed by atoms with E-state index in [-0.39, 0.29) is 6.10 Å². The predicted molar refractivity (Wildman–Crippen MR) is 81.2 cm³/mol. The highest BCUT2D eigenvalue weighted by Gasteiger charge is 2.33. The van der Waals surface area contributed by atoms with E-state index < -0.39 is 8.56 Å². The molecular weight excluding hydrogens is 258 g/mol. The van der Waals surface area contributed by atoms with Gasteiger partial charge in [0.2, 0.25) is 0 Å². The molecule has 0 aromatic rings. The van der Waals surface area contributed by atoms with Crippen LogP contribution in [0.5, 0.6) is 0 Å². The molecule has 112 valence electrons. The summed E-state index contributed by atoms with van der Waals surface area (Å²) < 4.78 is 17.3. The Morgan fingerprint density at radius 2 is 2.21 bits per heavy atom. The van der Waals surface area contributed by atoms with E-state index in [4.69, 9.17) is 13.6 Å². The molecule has 5 heteroatoms. The van der Waals surface area contributed by atoms with Crippen molar-refractivity contribution in [1.29, 1.82) is 0 Å². The molecule has 0 aromatic heterocycles. The molecule has 0 amide bonds. The van der Waals surface area contributed by atoms with E-state index in [0.717, 1.165) is 32.0 Å². The summed E-state index contributed by atoms with van der Waals surface area (Å²) in [7, 11) is -0.251. The van der Waals surface area contributed by atoms with Crippen LogP contribution in [0.4, 0.5) is 0 Å². The topological polar surface area (TPSA) is 40.0 Å². The van der Waals surface area contributed by atoms with Gasteiger partial charge in [-0.2, -0.15) is 0 Å². The highest BCUT2D eigenvalue weighted by Crippen LogP contribution is 2.19. The first-order chi connectivity index (χ1) is 9.20. The molecule has 2 unspecified atom stereocenters. The van der Waals surface area contributed by atoms with Crippen molar-refractivity contribution >= 4 is 14.8 Å². The van der Waals surface area contributed by atoms with Crippen molar-refractivity contribution in [3.05, 3.63) is 0 Å². The average Bonchev–Trinajstić information content (AvgIpc) is 2.39. The van der Waals surface area contributed by atoms with Crippen LogP contribution in [-0.4, -0.2) is 47.7 Å². The molecule has 1 rings (SSSR count). The highest BCUT2D eigenvalue weighted by molar-refractivity contribution is 6.66. The lowest BCUT2D eigenvalue weighted by atomic mass is 10.2. The third-order valence-corrected chi connectivity index (χ3v) is 6.37. The first-order valence-electron chi connectivity index (χ1n) is 7.51. The van der Waals surface area contributed by atoms with Crippen LogP contribution in [0.15, 0.2) is 4.99 Å². The maximum absolute atomic E-state index is 6.10. The number of aliphatic imine (C=N–C) groups is 1. The summed E-state index contributed by atoms with van der Waals surface area (Å²) in [5.41, 5.74) is 0. The second kappa shape index (κ2) is 9.64. The fourth-order valence-electron chi connectivity index (χ4n) is 2.15. The summed E-state index contributed by atoms with van der Waals surface area (Å²) >= 11 is 0. The zero-order valence-electron chi connectivity index (χ0n) is 12.7. The molecular formula is C14H29NO3Si. The van der Waals surface area contributed by atoms with E-state index in [9.17, 15) is 0 Å². The Balaban J connectivity index is 2.34. The Morgan fingerprint density at radius 3 is 2.95 bits per heavy atom. The van der Waals surface area contributed by atoms with Crippen LogP contribution in [0.1, 0.15) is 39.0 Å². The lowest BCUT2D eigenvalue weighted by Crippen LogP contribution is -2.44. The van der Waals surface area contributed by atoms with Gasteiger partial charge in [0.05, 0.1) is 6.61 Å². The average molecular weight is 287 g/mol. The fraction of sp³-hybridized carbons (Fsp3) is 0.929. The molecule has 0 bridgehead atoms. The molecule has 2 atom stereocenters. The van der Waals surface area contributed by atoms with Crippen LogP contribution in [0.2, 0.25) is 12.6 Å². The summed E-state index contributed by atoms with van der Waals surface area (Å²) in [6.45, 7) is 6.64. The van der Waals surface area contributed by atoms with Gasteiger partial charge < -0.3 is 13.6 Å². The molecule has 0 spiro atoms. The van der Waals surface area contributed by atoms with Crippen molar-refractivity contribution in [2.24, 2.45) is 4.99 Å². The number of unbranched alkanes of at least 4 members (excludes halogenated alkanes) is 3. The van der Waals surface area contributed by atoms with Crippen molar-refractivity contribution in [3.8, 4) is 0 Å². The van der Waals surface area contributed by atoms with Crippen LogP contribution in [0.25, 0.3) is 0 Å². The zero-order valence-corrected chi connectivity index (χ0v) is 13.7. The summed E-state index contributed by atoms with van der Waals surface area (Å²) in [6.07, 6.45) is 7.90. The Bertz CT molecular complexity index is 263. The molecule has 19 heavy (non-hydrogen) atoms. The van der Waals surface area contributed by atoms with Crippen LogP contribution in [-0.2, 0) is 13.6 Å². The van der Waals surface area contributed by atoms with Crippen LogP contribution >= 0.6 is 0 Å². The molecule has 0 aromatic carbocycles. The number of rotatable bonds is 7. The Labute approximate surface area is 118 Å². The van der Waals surface area contributed by atoms with E-state index in [0.29, 0.717) is 6.61 Å². The maximum Gasteiger partial charge on any atom is 0.335 e. The van der Waals surface area contributed by atoms with Crippen molar-refractivity contribution in [2.75, 3.05) is 26.9 Å². The summed E-state index contributed by atoms with van der Waals surface area (Å²) in [4.78, 5) is 4.48. The summed E-state index contributed by atoms with van der Waals surface area (Å²) in [5.74, 6) is 0. The smallest absolute Gasteiger partial charge is 0.335 e. The minimum atomic E-state index is -2.01. The van der Waals surface area contributed by atoms with Gasteiger partial charge in [-0.1, -0.05) is 26.2 Å². The first-order valence-corrected chi connectivity index (χ1v) is 10.0. The molecule has 1 aliphatic heterocycles. The van der Waals surface area contributed by atoms with Crippen LogP contribution in [0, 0.1) is 0 Å². The van der Waals surface area contributed by atoms with Gasteiger partial charge in [0, 0.05) is 26.5 Å². The minimum absolute atomic E-state index is 0.0388. The van der Waals surface area contributed by atoms with E-state index >= 15 is 0 Å². The zero-order chi connectivity index (χ0) is 14.0. The molecule has 1 heterocycles. The van der Waals surface area contributed by atoms with Crippen LogP contribution in [0.3, 0.4) is 0 Å². The van der Waals surface area contributed by atoms with Crippen molar-refractivity contribution in [3.63, 3.8) is 0 Å². The van der Waals surface area contributed by atoms with Gasteiger partial charge in [-0.15, -0.1) is 0 Å². The van der Waals surface area contributed by atoms with E-state index in [1.54, 1.807) is 7.11 Å². The first kappa shape index (κ1) is 16.8. The van der Waals surface area contributed by atoms with Gasteiger partial charge in [0.15, 0.2) is 0 Å². The normalized spacial score (nSPS) is 29.3. The van der Waals surface area contributed by atoms with Gasteiger partial charge >= 0.3 is 8.56 Å². The Morgan fingerprint density at radius 1 is 1.37 bits per heavy atom. The molecule has 1 fully saturated rings. The maximum atomic E-state index is 6.10. The molecule has 0 N–H and O–H groups in total. The number of hydrogen-bond acceptors (Lipinski definition) is 4. The van der Waals surface area contributed by atoms with E-state index in [1.165, 1.54) is 19.3 Å². The van der Waals surface area contributed by atoms with Gasteiger partial charge in [-0.25, -0.2) is 0 Å². The van der Waals surface area contributed by atoms with Gasteiger partial charge in [0.25, 0.3) is 0 Å². The van der Waals surface area contributed by atoms with Crippen LogP contribution < -0.4 is 0 Å². The second-order valence-electron chi connectivity index (χ2n) is 5.29. The standard InChI is InChI=1S/C14H29NO3Si/c1-4-5-6-7-9-15-12-14-13-17-10-8-11-19(3,16-2)18-14/h12,14H,4-11,13H2,1-3H3. The fourth-order valence-corrected chi connectivity index (χ4v) is 4.13. The summed E-state index contributed by atoms with van der Waals surface area (Å²) in [5, 5.41) is 0. The number of ether oxygens (including phenoxy) is 1. The lowest BCUT2D eigenvalue weighted by molar-refractivity contribution is 0.0482. The van der Waals surface area contributed by atoms with Gasteiger partial charge in [-0.05, 0) is 25.4 Å². The molecule has 4 nitrogen and oxygen atoms in total. The minimum Gasteiger partial charge on any atom is -0.398 e. The van der Waals surface area contributed by atoms with Crippen molar-refractivity contribution < 1.29 is 13.6 Å². The second-order valence-corrected chi connectivity index (χ2v) is 8.70. The molecule has 0 saturated carbocycles. The van der Waals surface area contributed by atoms with Crippen molar-refractivity contribution in [2.45, 2.75) is 57.7 Å². The lowest BCUT2D eigenvalue weighted by Gasteiger charge is -2.31. The van der Waals surface area contributed by atoms with E-state index in [1.807, 2.05) is 6.21 Å². The van der Waals surface area contributed by atoms with Gasteiger partial charge in [0.1, 0.15) is 6.10 Å². The highest BCUT2D eigenvalue weighted by atomic mass is 28.4. The van der Waals surface area contributed by atoms with E-state index in [2.05, 4.69) is 18.5 Å². The molecule has 1 saturated heterocycles. The number of hydrogen-bond donors (Lipinski definition) is 0. The number of nitrogens with zero attached hydrogens (tertiary/aromatic N) is 1. The SMILES string of the molecule is CCCCCCN=CC1COCCC[Si](C)(OC)O1. The predicted octanol–water partition coefficient (Wildman–Crippen LogP) is 3.16. The molecule has 0 radical (unpaired) electrons. The Hall–Kier alpha value is -0.233. The largest absolute Gasteiger partial charge is 0.398 e. The third kappa shape index (κ3) is 7.20. The van der Waals surface area contributed by atoms with Crippen molar-refractivity contribution in [1.82, 2.24) is 0 Å².